The molecular formula is C18H20N2O4. The lowest BCUT2D eigenvalue weighted by Crippen LogP contribution is -2.37. The summed E-state index contributed by atoms with van der Waals surface area (Å²) in [7, 11) is 3.13. The summed E-state index contributed by atoms with van der Waals surface area (Å²) in [5, 5.41) is 2.72. The van der Waals surface area contributed by atoms with Crippen LogP contribution in [-0.4, -0.2) is 44.0 Å². The van der Waals surface area contributed by atoms with E-state index in [1.54, 1.807) is 50.6 Å². The minimum atomic E-state index is -0.282. The van der Waals surface area contributed by atoms with Crippen LogP contribution in [0.5, 0.6) is 11.5 Å². The van der Waals surface area contributed by atoms with Crippen LogP contribution in [0.25, 0.3) is 0 Å². The van der Waals surface area contributed by atoms with Gasteiger partial charge in [0.1, 0.15) is 11.5 Å². The number of methoxy groups -OCH3 is 1. The Hall–Kier alpha value is -3.02. The second-order valence-corrected chi connectivity index (χ2v) is 5.13. The van der Waals surface area contributed by atoms with Crippen molar-refractivity contribution in [1.82, 2.24) is 4.90 Å². The molecule has 0 aliphatic carbocycles. The largest absolute Gasteiger partial charge is 0.497 e. The third kappa shape index (κ3) is 5.31. The van der Waals surface area contributed by atoms with Gasteiger partial charge in [-0.1, -0.05) is 18.2 Å². The SMILES string of the molecule is COc1ccc(NC(=O)CN(C)C(=O)COc2ccccc2)cc1. The molecule has 1 N–H and O–H groups in total. The van der Waals surface area contributed by atoms with Gasteiger partial charge in [0.2, 0.25) is 5.91 Å². The highest BCUT2D eigenvalue weighted by molar-refractivity contribution is 5.94. The van der Waals surface area contributed by atoms with Crippen molar-refractivity contribution >= 4 is 17.5 Å². The Labute approximate surface area is 141 Å². The molecule has 126 valence electrons. The molecule has 2 amide bonds. The number of nitrogens with one attached hydrogen (secondary N) is 1. The minimum absolute atomic E-state index is 0.0526. The van der Waals surface area contributed by atoms with Gasteiger partial charge in [0.25, 0.3) is 5.91 Å². The third-order valence-corrected chi connectivity index (χ3v) is 3.29. The maximum absolute atomic E-state index is 12.0. The Morgan fingerprint density at radius 3 is 2.29 bits per heavy atom. The summed E-state index contributed by atoms with van der Waals surface area (Å²) in [6.07, 6.45) is 0. The molecule has 0 fully saturated rings. The minimum Gasteiger partial charge on any atom is -0.497 e. The molecule has 6 heteroatoms. The van der Waals surface area contributed by atoms with E-state index in [9.17, 15) is 9.59 Å². The van der Waals surface area contributed by atoms with Gasteiger partial charge >= 0.3 is 0 Å². The summed E-state index contributed by atoms with van der Waals surface area (Å²) < 4.78 is 10.4. The normalized spacial score (nSPS) is 9.92. The number of rotatable bonds is 7. The number of anilines is 1. The number of carbonyl (C=O) groups excluding carboxylic acids is 2. The van der Waals surface area contributed by atoms with Gasteiger partial charge in [-0.15, -0.1) is 0 Å². The fourth-order valence-corrected chi connectivity index (χ4v) is 1.95. The fourth-order valence-electron chi connectivity index (χ4n) is 1.95. The number of likely N-dealkylation sites (N-methyl/N-ethyl adjacent to an activating group) is 1. The van der Waals surface area contributed by atoms with Gasteiger partial charge in [-0.2, -0.15) is 0 Å². The van der Waals surface area contributed by atoms with Gasteiger partial charge in [-0.25, -0.2) is 0 Å². The van der Waals surface area contributed by atoms with Gasteiger partial charge < -0.3 is 19.7 Å². The van der Waals surface area contributed by atoms with Gasteiger partial charge in [0.15, 0.2) is 6.61 Å². The van der Waals surface area contributed by atoms with Crippen LogP contribution in [0.2, 0.25) is 0 Å². The van der Waals surface area contributed by atoms with Crippen LogP contribution in [0.1, 0.15) is 0 Å². The van der Waals surface area contributed by atoms with E-state index in [4.69, 9.17) is 9.47 Å². The highest BCUT2D eigenvalue weighted by Gasteiger charge is 2.13. The van der Waals surface area contributed by atoms with Crippen LogP contribution in [-0.2, 0) is 9.59 Å². The van der Waals surface area contributed by atoms with E-state index in [2.05, 4.69) is 5.32 Å². The summed E-state index contributed by atoms with van der Waals surface area (Å²) >= 11 is 0. The van der Waals surface area contributed by atoms with Crippen LogP contribution < -0.4 is 14.8 Å². The Balaban J connectivity index is 1.78. The van der Waals surface area contributed by atoms with Gasteiger partial charge in [-0.3, -0.25) is 9.59 Å². The van der Waals surface area contributed by atoms with Gasteiger partial charge in [-0.05, 0) is 36.4 Å². The second-order valence-electron chi connectivity index (χ2n) is 5.13. The molecule has 6 nitrogen and oxygen atoms in total. The maximum atomic E-state index is 12.0. The molecule has 2 aromatic carbocycles. The number of nitrogens with zero attached hydrogens (tertiary/aromatic N) is 1. The van der Waals surface area contributed by atoms with Crippen molar-refractivity contribution in [1.29, 1.82) is 0 Å². The second kappa shape index (κ2) is 8.57. The molecule has 2 rings (SSSR count). The first-order chi connectivity index (χ1) is 11.6. The van der Waals surface area contributed by atoms with E-state index in [1.165, 1.54) is 4.90 Å². The number of amides is 2. The van der Waals surface area contributed by atoms with E-state index >= 15 is 0 Å². The number of carbonyl (C=O) groups is 2. The van der Waals surface area contributed by atoms with Crippen molar-refractivity contribution in [3.63, 3.8) is 0 Å². The van der Waals surface area contributed by atoms with Crippen LogP contribution in [0.3, 0.4) is 0 Å². The Morgan fingerprint density at radius 1 is 1.00 bits per heavy atom. The zero-order valence-corrected chi connectivity index (χ0v) is 13.7. The van der Waals surface area contributed by atoms with Crippen LogP contribution in [0.15, 0.2) is 54.6 Å². The summed E-state index contributed by atoms with van der Waals surface area (Å²) in [5.74, 6) is 0.764. The number of hydrogen-bond acceptors (Lipinski definition) is 4. The Morgan fingerprint density at radius 2 is 1.67 bits per heavy atom. The topological polar surface area (TPSA) is 67.9 Å². The van der Waals surface area contributed by atoms with Crippen molar-refractivity contribution in [3.05, 3.63) is 54.6 Å². The molecule has 0 heterocycles. The van der Waals surface area contributed by atoms with E-state index in [1.807, 2.05) is 18.2 Å². The van der Waals surface area contributed by atoms with Crippen LogP contribution in [0.4, 0.5) is 5.69 Å². The predicted molar refractivity (Wildman–Crippen MR) is 91.2 cm³/mol. The van der Waals surface area contributed by atoms with Crippen molar-refractivity contribution in [2.75, 3.05) is 32.6 Å². The highest BCUT2D eigenvalue weighted by Crippen LogP contribution is 2.14. The zero-order valence-electron chi connectivity index (χ0n) is 13.7. The molecule has 0 spiro atoms. The average Bonchev–Trinajstić information content (AvgIpc) is 2.61. The molecule has 0 radical (unpaired) electrons. The average molecular weight is 328 g/mol. The van der Waals surface area contributed by atoms with E-state index in [-0.39, 0.29) is 25.0 Å². The Kier molecular flexibility index (Phi) is 6.19. The van der Waals surface area contributed by atoms with E-state index < -0.39 is 0 Å². The third-order valence-electron chi connectivity index (χ3n) is 3.29. The molecule has 0 aromatic heterocycles. The predicted octanol–water partition coefficient (Wildman–Crippen LogP) is 2.17. The summed E-state index contributed by atoms with van der Waals surface area (Å²) in [6, 6.07) is 16.0. The van der Waals surface area contributed by atoms with Crippen molar-refractivity contribution in [3.8, 4) is 11.5 Å². The van der Waals surface area contributed by atoms with Crippen molar-refractivity contribution in [2.45, 2.75) is 0 Å². The quantitative estimate of drug-likeness (QED) is 0.846. The molecule has 0 bridgehead atoms. The first-order valence-corrected chi connectivity index (χ1v) is 7.44. The van der Waals surface area contributed by atoms with Crippen LogP contribution >= 0.6 is 0 Å². The van der Waals surface area contributed by atoms with Crippen LogP contribution in [0, 0.1) is 0 Å². The zero-order chi connectivity index (χ0) is 17.4. The number of ether oxygens (including phenoxy) is 2. The monoisotopic (exact) mass is 328 g/mol. The molecular weight excluding hydrogens is 308 g/mol. The molecule has 2 aromatic rings. The molecule has 0 saturated carbocycles. The summed E-state index contributed by atoms with van der Waals surface area (Å²) in [5.41, 5.74) is 0.641. The molecule has 0 aliphatic rings. The fraction of sp³-hybridized carbons (Fsp3) is 0.222. The van der Waals surface area contributed by atoms with E-state index in [0.717, 1.165) is 0 Å². The van der Waals surface area contributed by atoms with Crippen molar-refractivity contribution < 1.29 is 19.1 Å². The van der Waals surface area contributed by atoms with Gasteiger partial charge in [0.05, 0.1) is 13.7 Å². The number of para-hydroxylation sites is 1. The summed E-state index contributed by atoms with van der Waals surface area (Å²) in [6.45, 7) is -0.167. The molecule has 0 aliphatic heterocycles. The molecule has 0 unspecified atom stereocenters. The standard InChI is InChI=1S/C18H20N2O4/c1-20(18(22)13-24-16-6-4-3-5-7-16)12-17(21)19-14-8-10-15(23-2)11-9-14/h3-11H,12-13H2,1-2H3,(H,19,21). The molecule has 0 atom stereocenters. The molecule has 0 saturated heterocycles. The smallest absolute Gasteiger partial charge is 0.260 e. The number of hydrogen-bond donors (Lipinski definition) is 1. The maximum Gasteiger partial charge on any atom is 0.260 e. The first-order valence-electron chi connectivity index (χ1n) is 7.44. The lowest BCUT2D eigenvalue weighted by molar-refractivity contribution is -0.135. The first kappa shape index (κ1) is 17.3. The molecule has 24 heavy (non-hydrogen) atoms. The number of benzene rings is 2. The lowest BCUT2D eigenvalue weighted by Gasteiger charge is -2.17. The van der Waals surface area contributed by atoms with E-state index in [0.29, 0.717) is 17.2 Å². The van der Waals surface area contributed by atoms with Crippen molar-refractivity contribution in [2.24, 2.45) is 0 Å². The summed E-state index contributed by atoms with van der Waals surface area (Å²) in [4.78, 5) is 25.3. The van der Waals surface area contributed by atoms with Gasteiger partial charge in [0, 0.05) is 12.7 Å². The highest BCUT2D eigenvalue weighted by atomic mass is 16.5. The Bertz CT molecular complexity index is 671. The lowest BCUT2D eigenvalue weighted by atomic mass is 10.3.